The van der Waals surface area contributed by atoms with Gasteiger partial charge in [0.05, 0.1) is 23.0 Å². The maximum absolute atomic E-state index is 12.9. The average molecular weight is 595 g/mol. The summed E-state index contributed by atoms with van der Waals surface area (Å²) in [6, 6.07) is 28.5. The van der Waals surface area contributed by atoms with Gasteiger partial charge in [-0.1, -0.05) is 76.6 Å². The summed E-state index contributed by atoms with van der Waals surface area (Å²) >= 11 is 5.01. The molecule has 7 rings (SSSR count). The number of rotatable bonds is 4. The highest BCUT2D eigenvalue weighted by atomic mass is 79.9. The lowest BCUT2D eigenvalue weighted by Crippen LogP contribution is -2.28. The van der Waals surface area contributed by atoms with Crippen molar-refractivity contribution in [3.8, 4) is 11.3 Å². The molecule has 1 aliphatic heterocycles. The second-order valence-electron chi connectivity index (χ2n) is 9.91. The van der Waals surface area contributed by atoms with E-state index in [9.17, 15) is 4.79 Å². The standard InChI is InChI=1S/C32H24BrN3O2S/c33-24-14-15-28-23(17-24)18-26(31(37)38-28)27-19-39-32(34-27)36-30(21-10-5-2-6-11-21)25-13-7-12-22(29(25)35-36)16-20-8-3-1-4-9-20/h1-6,8-11,14-19,25,30H,7,12-13H2. The highest BCUT2D eigenvalue weighted by Gasteiger charge is 2.42. The molecule has 2 atom stereocenters. The summed E-state index contributed by atoms with van der Waals surface area (Å²) in [4.78, 5) is 17.8. The van der Waals surface area contributed by atoms with E-state index in [4.69, 9.17) is 14.5 Å². The highest BCUT2D eigenvalue weighted by molar-refractivity contribution is 9.10. The normalized spacial score (nSPS) is 19.9. The zero-order valence-electron chi connectivity index (χ0n) is 21.0. The van der Waals surface area contributed by atoms with Crippen LogP contribution in [0.15, 0.2) is 115 Å². The van der Waals surface area contributed by atoms with Gasteiger partial charge in [0, 0.05) is 21.2 Å². The molecule has 3 heterocycles. The maximum atomic E-state index is 12.9. The summed E-state index contributed by atoms with van der Waals surface area (Å²) in [5, 5.41) is 10.8. The van der Waals surface area contributed by atoms with E-state index < -0.39 is 5.63 Å². The van der Waals surface area contributed by atoms with E-state index in [-0.39, 0.29) is 12.0 Å². The molecule has 7 heteroatoms. The fourth-order valence-electron chi connectivity index (χ4n) is 5.66. The number of benzene rings is 3. The summed E-state index contributed by atoms with van der Waals surface area (Å²) in [5.74, 6) is 0.270. The second kappa shape index (κ2) is 10.1. The third kappa shape index (κ3) is 4.56. The molecule has 1 aliphatic carbocycles. The molecule has 2 unspecified atom stereocenters. The van der Waals surface area contributed by atoms with Gasteiger partial charge in [-0.2, -0.15) is 5.10 Å². The van der Waals surface area contributed by atoms with Crippen LogP contribution in [0.5, 0.6) is 0 Å². The van der Waals surface area contributed by atoms with E-state index in [1.54, 1.807) is 6.07 Å². The van der Waals surface area contributed by atoms with Crippen molar-refractivity contribution < 1.29 is 4.42 Å². The van der Waals surface area contributed by atoms with Crippen molar-refractivity contribution in [3.63, 3.8) is 0 Å². The summed E-state index contributed by atoms with van der Waals surface area (Å²) in [5.41, 5.74) is 6.06. The van der Waals surface area contributed by atoms with Gasteiger partial charge in [-0.05, 0) is 66.3 Å². The van der Waals surface area contributed by atoms with Crippen molar-refractivity contribution >= 4 is 55.2 Å². The lowest BCUT2D eigenvalue weighted by atomic mass is 9.77. The lowest BCUT2D eigenvalue weighted by molar-refractivity contribution is 0.487. The number of thiazole rings is 1. The monoisotopic (exact) mass is 593 g/mol. The molecule has 0 spiro atoms. The molecular weight excluding hydrogens is 570 g/mol. The predicted octanol–water partition coefficient (Wildman–Crippen LogP) is 8.48. The Morgan fingerprint density at radius 2 is 1.79 bits per heavy atom. The van der Waals surface area contributed by atoms with Gasteiger partial charge in [0.25, 0.3) is 0 Å². The molecule has 0 saturated heterocycles. The number of halogens is 1. The first-order valence-electron chi connectivity index (χ1n) is 13.0. The lowest BCUT2D eigenvalue weighted by Gasteiger charge is -2.29. The van der Waals surface area contributed by atoms with E-state index in [1.165, 1.54) is 28.0 Å². The number of allylic oxidation sites excluding steroid dienone is 1. The van der Waals surface area contributed by atoms with Gasteiger partial charge in [0.2, 0.25) is 5.13 Å². The molecule has 192 valence electrons. The smallest absolute Gasteiger partial charge is 0.345 e. The topological polar surface area (TPSA) is 58.7 Å². The quantitative estimate of drug-likeness (QED) is 0.196. The number of hydrogen-bond acceptors (Lipinski definition) is 6. The van der Waals surface area contributed by atoms with Crippen molar-refractivity contribution in [2.45, 2.75) is 25.3 Å². The van der Waals surface area contributed by atoms with E-state index in [0.29, 0.717) is 16.8 Å². The summed E-state index contributed by atoms with van der Waals surface area (Å²) in [7, 11) is 0. The van der Waals surface area contributed by atoms with Gasteiger partial charge in [0.15, 0.2) is 0 Å². The van der Waals surface area contributed by atoms with Crippen molar-refractivity contribution in [2.75, 3.05) is 5.01 Å². The van der Waals surface area contributed by atoms with Crippen LogP contribution in [-0.2, 0) is 0 Å². The molecule has 39 heavy (non-hydrogen) atoms. The zero-order chi connectivity index (χ0) is 26.3. The van der Waals surface area contributed by atoms with Crippen molar-refractivity contribution in [1.82, 2.24) is 4.98 Å². The Morgan fingerprint density at radius 1 is 1.00 bits per heavy atom. The molecular formula is C32H24BrN3O2S. The van der Waals surface area contributed by atoms with Crippen molar-refractivity contribution in [1.29, 1.82) is 0 Å². The third-order valence-electron chi connectivity index (χ3n) is 7.44. The molecule has 2 aliphatic rings. The molecule has 1 saturated carbocycles. The molecule has 1 fully saturated rings. The van der Waals surface area contributed by atoms with Crippen LogP contribution < -0.4 is 10.6 Å². The first kappa shape index (κ1) is 24.2. The van der Waals surface area contributed by atoms with Gasteiger partial charge in [-0.15, -0.1) is 11.3 Å². The minimum absolute atomic E-state index is 0.0450. The second-order valence-corrected chi connectivity index (χ2v) is 11.7. The van der Waals surface area contributed by atoms with Crippen LogP contribution in [0.25, 0.3) is 28.3 Å². The van der Waals surface area contributed by atoms with Crippen LogP contribution >= 0.6 is 27.3 Å². The van der Waals surface area contributed by atoms with Gasteiger partial charge in [0.1, 0.15) is 5.58 Å². The van der Waals surface area contributed by atoms with Crippen LogP contribution in [0, 0.1) is 5.92 Å². The summed E-state index contributed by atoms with van der Waals surface area (Å²) in [6.07, 6.45) is 5.48. The predicted molar refractivity (Wildman–Crippen MR) is 162 cm³/mol. The minimum Gasteiger partial charge on any atom is -0.422 e. The largest absolute Gasteiger partial charge is 0.422 e. The Morgan fingerprint density at radius 3 is 2.62 bits per heavy atom. The molecule has 2 aromatic heterocycles. The van der Waals surface area contributed by atoms with Crippen molar-refractivity contribution in [3.05, 3.63) is 122 Å². The first-order chi connectivity index (χ1) is 19.1. The summed E-state index contributed by atoms with van der Waals surface area (Å²) < 4.78 is 6.54. The third-order valence-corrected chi connectivity index (χ3v) is 8.76. The van der Waals surface area contributed by atoms with E-state index in [0.717, 1.165) is 40.0 Å². The Balaban J connectivity index is 1.32. The van der Waals surface area contributed by atoms with Gasteiger partial charge >= 0.3 is 5.63 Å². The van der Waals surface area contributed by atoms with E-state index in [1.807, 2.05) is 35.7 Å². The zero-order valence-corrected chi connectivity index (χ0v) is 23.4. The van der Waals surface area contributed by atoms with Gasteiger partial charge in [-0.25, -0.2) is 14.8 Å². The summed E-state index contributed by atoms with van der Waals surface area (Å²) in [6.45, 7) is 0. The van der Waals surface area contributed by atoms with Crippen LogP contribution in [0.1, 0.15) is 36.4 Å². The van der Waals surface area contributed by atoms with Crippen molar-refractivity contribution in [2.24, 2.45) is 11.0 Å². The Kier molecular flexibility index (Phi) is 6.25. The Bertz CT molecular complexity index is 1790. The average Bonchev–Trinajstić information content (AvgIpc) is 3.60. The van der Waals surface area contributed by atoms with Crippen LogP contribution in [0.4, 0.5) is 5.13 Å². The number of anilines is 1. The molecule has 5 nitrogen and oxygen atoms in total. The van der Waals surface area contributed by atoms with Crippen LogP contribution in [-0.4, -0.2) is 10.7 Å². The van der Waals surface area contributed by atoms with Gasteiger partial charge in [-0.3, -0.25) is 0 Å². The fourth-order valence-corrected chi connectivity index (χ4v) is 6.85. The molecule has 0 amide bonds. The van der Waals surface area contributed by atoms with Crippen LogP contribution in [0.3, 0.4) is 0 Å². The SMILES string of the molecule is O=c1oc2ccc(Br)cc2cc1-c1csc(N2N=C3C(=Cc4ccccc4)CCCC3C2c2ccccc2)n1. The molecule has 3 aromatic carbocycles. The Hall–Kier alpha value is -3.81. The van der Waals surface area contributed by atoms with Crippen LogP contribution in [0.2, 0.25) is 0 Å². The number of hydrogen-bond donors (Lipinski definition) is 0. The fraction of sp³-hybridized carbons (Fsp3) is 0.156. The molecule has 0 radical (unpaired) electrons. The van der Waals surface area contributed by atoms with E-state index >= 15 is 0 Å². The molecule has 0 N–H and O–H groups in total. The molecule has 0 bridgehead atoms. The minimum atomic E-state index is -0.393. The maximum Gasteiger partial charge on any atom is 0.345 e. The van der Waals surface area contributed by atoms with Gasteiger partial charge < -0.3 is 4.42 Å². The Labute approximate surface area is 238 Å². The number of aromatic nitrogens is 1. The number of nitrogens with zero attached hydrogens (tertiary/aromatic N) is 3. The highest BCUT2D eigenvalue weighted by Crippen LogP contribution is 2.47. The molecule has 5 aromatic rings. The number of hydrazone groups is 1. The van der Waals surface area contributed by atoms with E-state index in [2.05, 4.69) is 75.5 Å². The first-order valence-corrected chi connectivity index (χ1v) is 14.7. The number of fused-ring (bicyclic) bond motifs is 2.